The minimum absolute atomic E-state index is 0.407. The molecule has 2 atom stereocenters. The molecule has 0 radical (unpaired) electrons. The van der Waals surface area contributed by atoms with Gasteiger partial charge in [0.15, 0.2) is 0 Å². The fourth-order valence-corrected chi connectivity index (χ4v) is 3.29. The quantitative estimate of drug-likeness (QED) is 0.840. The molecule has 22 heavy (non-hydrogen) atoms. The van der Waals surface area contributed by atoms with E-state index in [9.17, 15) is 0 Å². The van der Waals surface area contributed by atoms with Crippen LogP contribution in [-0.4, -0.2) is 60.0 Å². The van der Waals surface area contributed by atoms with Gasteiger partial charge in [-0.15, -0.1) is 0 Å². The van der Waals surface area contributed by atoms with Crippen LogP contribution >= 0.6 is 0 Å². The van der Waals surface area contributed by atoms with Crippen molar-refractivity contribution in [3.63, 3.8) is 0 Å². The molecule has 2 aliphatic rings. The third-order valence-corrected chi connectivity index (χ3v) is 4.48. The Kier molecular flexibility index (Phi) is 3.56. The molecule has 0 unspecified atom stereocenters. The minimum Gasteiger partial charge on any atom is -0.378 e. The summed E-state index contributed by atoms with van der Waals surface area (Å²) in [7, 11) is 0. The smallest absolute Gasteiger partial charge is 0.324 e. The molecule has 2 fully saturated rings. The number of fused-ring (bicyclic) bond motifs is 1. The lowest BCUT2D eigenvalue weighted by molar-refractivity contribution is -0.0474. The van der Waals surface area contributed by atoms with Crippen LogP contribution in [0.3, 0.4) is 0 Å². The van der Waals surface area contributed by atoms with E-state index < -0.39 is 0 Å². The maximum Gasteiger partial charge on any atom is 0.324 e. The average molecular weight is 300 g/mol. The molecular formula is C16H20N4O2. The van der Waals surface area contributed by atoms with E-state index in [4.69, 9.17) is 9.26 Å². The summed E-state index contributed by atoms with van der Waals surface area (Å²) < 4.78 is 11.1. The Morgan fingerprint density at radius 3 is 2.86 bits per heavy atom. The molecule has 6 heteroatoms. The predicted octanol–water partition coefficient (Wildman–Crippen LogP) is 1.65. The highest BCUT2D eigenvalue weighted by Gasteiger charge is 2.35. The van der Waals surface area contributed by atoms with Crippen molar-refractivity contribution in [3.8, 4) is 11.4 Å². The molecule has 0 spiro atoms. The van der Waals surface area contributed by atoms with E-state index in [2.05, 4.69) is 26.9 Å². The van der Waals surface area contributed by atoms with Crippen molar-refractivity contribution in [1.82, 2.24) is 15.0 Å². The monoisotopic (exact) mass is 300 g/mol. The van der Waals surface area contributed by atoms with Crippen LogP contribution in [0, 0.1) is 0 Å². The van der Waals surface area contributed by atoms with Gasteiger partial charge in [0.2, 0.25) is 5.82 Å². The van der Waals surface area contributed by atoms with E-state index in [0.717, 1.165) is 38.4 Å². The van der Waals surface area contributed by atoms with Gasteiger partial charge in [-0.3, -0.25) is 4.90 Å². The Morgan fingerprint density at radius 1 is 1.14 bits per heavy atom. The molecule has 6 nitrogen and oxygen atoms in total. The van der Waals surface area contributed by atoms with Gasteiger partial charge in [0.1, 0.15) is 0 Å². The number of benzene rings is 1. The summed E-state index contributed by atoms with van der Waals surface area (Å²) in [5.41, 5.74) is 0.978. The number of aromatic nitrogens is 2. The van der Waals surface area contributed by atoms with Crippen LogP contribution < -0.4 is 4.90 Å². The second kappa shape index (κ2) is 5.70. The highest BCUT2D eigenvalue weighted by atomic mass is 16.5. The van der Waals surface area contributed by atoms with Crippen LogP contribution in [-0.2, 0) is 4.74 Å². The van der Waals surface area contributed by atoms with Gasteiger partial charge in [-0.1, -0.05) is 35.5 Å². The number of rotatable bonds is 2. The van der Waals surface area contributed by atoms with E-state index in [0.29, 0.717) is 23.9 Å². The SMILES string of the molecule is C[C@H]1COC[C@H]2CN(c3nc(-c4ccccc4)no3)CCN21. The minimum atomic E-state index is 0.407. The van der Waals surface area contributed by atoms with Gasteiger partial charge in [0.05, 0.1) is 19.3 Å². The number of piperazine rings is 1. The molecule has 3 heterocycles. The second-order valence-electron chi connectivity index (χ2n) is 5.99. The molecule has 0 bridgehead atoms. The first-order valence-corrected chi connectivity index (χ1v) is 7.79. The summed E-state index contributed by atoms with van der Waals surface area (Å²) in [5.74, 6) is 0.645. The Bertz CT molecular complexity index is 630. The van der Waals surface area contributed by atoms with Crippen molar-refractivity contribution < 1.29 is 9.26 Å². The van der Waals surface area contributed by atoms with Gasteiger partial charge in [-0.05, 0) is 6.92 Å². The van der Waals surface area contributed by atoms with E-state index >= 15 is 0 Å². The van der Waals surface area contributed by atoms with Crippen molar-refractivity contribution in [2.75, 3.05) is 37.7 Å². The first-order chi connectivity index (χ1) is 10.8. The highest BCUT2D eigenvalue weighted by Crippen LogP contribution is 2.24. The first-order valence-electron chi connectivity index (χ1n) is 7.79. The number of hydrogen-bond donors (Lipinski definition) is 0. The van der Waals surface area contributed by atoms with Gasteiger partial charge in [-0.25, -0.2) is 0 Å². The first kappa shape index (κ1) is 13.7. The Labute approximate surface area is 129 Å². The van der Waals surface area contributed by atoms with Crippen molar-refractivity contribution >= 4 is 6.01 Å². The lowest BCUT2D eigenvalue weighted by Gasteiger charge is -2.46. The fraction of sp³-hybridized carbons (Fsp3) is 0.500. The molecule has 0 saturated carbocycles. The lowest BCUT2D eigenvalue weighted by atomic mass is 10.1. The van der Waals surface area contributed by atoms with Crippen molar-refractivity contribution in [1.29, 1.82) is 0 Å². The van der Waals surface area contributed by atoms with Gasteiger partial charge >= 0.3 is 6.01 Å². The largest absolute Gasteiger partial charge is 0.378 e. The summed E-state index contributed by atoms with van der Waals surface area (Å²) in [5, 5.41) is 4.11. The van der Waals surface area contributed by atoms with Gasteiger partial charge in [-0.2, -0.15) is 4.98 Å². The number of hydrogen-bond acceptors (Lipinski definition) is 6. The molecule has 0 N–H and O–H groups in total. The summed E-state index contributed by atoms with van der Waals surface area (Å²) in [6.45, 7) is 6.63. The average Bonchev–Trinajstić information content (AvgIpc) is 3.06. The zero-order valence-electron chi connectivity index (χ0n) is 12.7. The summed E-state index contributed by atoms with van der Waals surface area (Å²) in [6.07, 6.45) is 0. The molecule has 1 aromatic carbocycles. The van der Waals surface area contributed by atoms with E-state index in [-0.39, 0.29) is 0 Å². The molecule has 0 aliphatic carbocycles. The standard InChI is InChI=1S/C16H20N4O2/c1-12-10-21-11-14-9-19(7-8-20(12)14)16-17-15(18-22-16)13-5-3-2-4-6-13/h2-6,12,14H,7-11H2,1H3/t12-,14+/m0/s1. The molecule has 2 aliphatic heterocycles. The Hall–Kier alpha value is -1.92. The van der Waals surface area contributed by atoms with Crippen LogP contribution in [0.2, 0.25) is 0 Å². The third kappa shape index (κ3) is 2.48. The summed E-state index contributed by atoms with van der Waals surface area (Å²) >= 11 is 0. The second-order valence-corrected chi connectivity index (χ2v) is 5.99. The molecule has 4 rings (SSSR count). The van der Waals surface area contributed by atoms with Crippen LogP contribution in [0.15, 0.2) is 34.9 Å². The Morgan fingerprint density at radius 2 is 2.00 bits per heavy atom. The van der Waals surface area contributed by atoms with Crippen LogP contribution in [0.5, 0.6) is 0 Å². The molecule has 2 aromatic rings. The third-order valence-electron chi connectivity index (χ3n) is 4.48. The number of anilines is 1. The number of nitrogens with zero attached hydrogens (tertiary/aromatic N) is 4. The maximum absolute atomic E-state index is 5.67. The molecule has 0 amide bonds. The predicted molar refractivity (Wildman–Crippen MR) is 82.7 cm³/mol. The van der Waals surface area contributed by atoms with E-state index in [1.807, 2.05) is 30.3 Å². The number of morpholine rings is 1. The normalized spacial score (nSPS) is 26.0. The Balaban J connectivity index is 1.50. The number of ether oxygens (including phenoxy) is 1. The maximum atomic E-state index is 5.67. The van der Waals surface area contributed by atoms with Gasteiger partial charge in [0, 0.05) is 31.2 Å². The van der Waals surface area contributed by atoms with E-state index in [1.165, 1.54) is 0 Å². The summed E-state index contributed by atoms with van der Waals surface area (Å²) in [4.78, 5) is 9.24. The molecule has 2 saturated heterocycles. The van der Waals surface area contributed by atoms with Gasteiger partial charge < -0.3 is 14.2 Å². The zero-order valence-corrected chi connectivity index (χ0v) is 12.7. The highest BCUT2D eigenvalue weighted by molar-refractivity contribution is 5.55. The lowest BCUT2D eigenvalue weighted by Crippen LogP contribution is -2.61. The molecular weight excluding hydrogens is 280 g/mol. The van der Waals surface area contributed by atoms with Crippen LogP contribution in [0.1, 0.15) is 6.92 Å². The van der Waals surface area contributed by atoms with Crippen molar-refractivity contribution in [3.05, 3.63) is 30.3 Å². The zero-order chi connectivity index (χ0) is 14.9. The van der Waals surface area contributed by atoms with Crippen molar-refractivity contribution in [2.45, 2.75) is 19.0 Å². The molecule has 116 valence electrons. The molecule has 1 aromatic heterocycles. The van der Waals surface area contributed by atoms with Crippen LogP contribution in [0.4, 0.5) is 6.01 Å². The van der Waals surface area contributed by atoms with Gasteiger partial charge in [0.25, 0.3) is 0 Å². The summed E-state index contributed by atoms with van der Waals surface area (Å²) in [6, 6.07) is 11.4. The topological polar surface area (TPSA) is 54.6 Å². The van der Waals surface area contributed by atoms with Crippen molar-refractivity contribution in [2.24, 2.45) is 0 Å². The fourth-order valence-electron chi connectivity index (χ4n) is 3.29. The van der Waals surface area contributed by atoms with Crippen LogP contribution in [0.25, 0.3) is 11.4 Å². The van der Waals surface area contributed by atoms with E-state index in [1.54, 1.807) is 0 Å².